The van der Waals surface area contributed by atoms with Crippen molar-refractivity contribution in [2.75, 3.05) is 26.4 Å². The van der Waals surface area contributed by atoms with E-state index in [2.05, 4.69) is 50.3 Å². The van der Waals surface area contributed by atoms with Gasteiger partial charge in [0.2, 0.25) is 0 Å². The fourth-order valence-corrected chi connectivity index (χ4v) is 7.65. The van der Waals surface area contributed by atoms with Gasteiger partial charge in [0, 0.05) is 12.8 Å². The van der Waals surface area contributed by atoms with E-state index in [1.165, 1.54) is 51.4 Å². The molecule has 2 fully saturated rings. The Hall–Kier alpha value is -2.28. The summed E-state index contributed by atoms with van der Waals surface area (Å²) in [5.41, 5.74) is 0. The number of hydrogen-bond acceptors (Lipinski definition) is 15. The fourth-order valence-electron chi connectivity index (χ4n) is 7.65. The summed E-state index contributed by atoms with van der Waals surface area (Å²) in [6.45, 7) is 2.52. The predicted molar refractivity (Wildman–Crippen MR) is 247 cm³/mol. The molecule has 0 amide bonds. The van der Waals surface area contributed by atoms with Crippen LogP contribution in [0.2, 0.25) is 0 Å². The molecule has 0 aliphatic carbocycles. The number of rotatable bonds is 38. The third-order valence-corrected chi connectivity index (χ3v) is 11.8. The van der Waals surface area contributed by atoms with E-state index < -0.39 is 92.7 Å². The maximum Gasteiger partial charge on any atom is 0.306 e. The van der Waals surface area contributed by atoms with Crippen molar-refractivity contribution in [3.8, 4) is 0 Å². The van der Waals surface area contributed by atoms with E-state index >= 15 is 0 Å². The van der Waals surface area contributed by atoms with E-state index in [1.54, 1.807) is 0 Å². The van der Waals surface area contributed by atoms with Crippen molar-refractivity contribution in [2.24, 2.45) is 0 Å². The van der Waals surface area contributed by atoms with Gasteiger partial charge in [-0.25, -0.2) is 0 Å². The average Bonchev–Trinajstić information content (AvgIpc) is 3.30. The Morgan fingerprint density at radius 3 is 1.48 bits per heavy atom. The highest BCUT2D eigenvalue weighted by atomic mass is 16.7. The van der Waals surface area contributed by atoms with Crippen LogP contribution in [0.25, 0.3) is 0 Å². The van der Waals surface area contributed by atoms with Crippen molar-refractivity contribution in [3.05, 3.63) is 36.5 Å². The zero-order chi connectivity index (χ0) is 47.5. The lowest BCUT2D eigenvalue weighted by Gasteiger charge is -2.42. The van der Waals surface area contributed by atoms with Crippen molar-refractivity contribution < 1.29 is 73.8 Å². The summed E-state index contributed by atoms with van der Waals surface area (Å²) in [6, 6.07) is 0. The Labute approximate surface area is 389 Å². The summed E-state index contributed by atoms with van der Waals surface area (Å²) >= 11 is 0. The SMILES string of the molecule is CCCCC/C=C\C/C=C\CCCCCCCC(=O)OC(COC(=O)CCCCCCC/C=C\CCCCCCC)COC1OC(COC2OC(CO)C(O)C(O)C2O)C(O)C(O)C1O. The zero-order valence-corrected chi connectivity index (χ0v) is 39.7. The number of allylic oxidation sites excluding steroid dienone is 6. The van der Waals surface area contributed by atoms with Crippen LogP contribution in [0.5, 0.6) is 0 Å². The lowest BCUT2D eigenvalue weighted by molar-refractivity contribution is -0.332. The van der Waals surface area contributed by atoms with Gasteiger partial charge in [0.25, 0.3) is 0 Å². The Morgan fingerprint density at radius 2 is 0.923 bits per heavy atom. The highest BCUT2D eigenvalue weighted by molar-refractivity contribution is 5.70. The molecule has 0 spiro atoms. The molecule has 0 radical (unpaired) electrons. The number of hydrogen-bond donors (Lipinski definition) is 7. The molecule has 11 unspecified atom stereocenters. The summed E-state index contributed by atoms with van der Waals surface area (Å²) in [5.74, 6) is -0.951. The molecule has 11 atom stereocenters. The molecule has 2 saturated heterocycles. The van der Waals surface area contributed by atoms with E-state index in [9.17, 15) is 45.3 Å². The largest absolute Gasteiger partial charge is 0.462 e. The minimum atomic E-state index is -1.77. The minimum absolute atomic E-state index is 0.147. The molecule has 378 valence electrons. The second-order valence-electron chi connectivity index (χ2n) is 17.6. The zero-order valence-electron chi connectivity index (χ0n) is 39.7. The fraction of sp³-hybridized carbons (Fsp3) is 0.840. The van der Waals surface area contributed by atoms with Gasteiger partial charge in [-0.3, -0.25) is 9.59 Å². The van der Waals surface area contributed by atoms with Crippen LogP contribution in [0.4, 0.5) is 0 Å². The van der Waals surface area contributed by atoms with E-state index in [-0.39, 0.29) is 26.1 Å². The van der Waals surface area contributed by atoms with Gasteiger partial charge in [0.15, 0.2) is 18.7 Å². The number of aliphatic hydroxyl groups excluding tert-OH is 7. The quantitative estimate of drug-likeness (QED) is 0.0198. The summed E-state index contributed by atoms with van der Waals surface area (Å²) < 4.78 is 33.5. The lowest BCUT2D eigenvalue weighted by atomic mass is 9.98. The van der Waals surface area contributed by atoms with E-state index in [0.29, 0.717) is 12.8 Å². The first-order valence-corrected chi connectivity index (χ1v) is 25.1. The summed E-state index contributed by atoms with van der Waals surface area (Å²) in [6.07, 6.45) is 21.7. The van der Waals surface area contributed by atoms with E-state index in [0.717, 1.165) is 83.5 Å². The van der Waals surface area contributed by atoms with E-state index in [1.807, 2.05) is 0 Å². The third-order valence-electron chi connectivity index (χ3n) is 11.8. The molecule has 0 saturated carbocycles. The standard InChI is InChI=1S/C50H88O15/c1-3-5-7-9-11-13-15-17-19-21-23-25-27-29-31-33-42(53)63-38(35-60-41(52)32-30-28-26-24-22-20-18-16-14-12-10-8-6-4-2)36-61-49-48(59)46(57)44(55)40(65-49)37-62-50-47(58)45(56)43(54)39(34-51)64-50/h11,13,16-19,38-40,43-51,54-59H,3-10,12,14-15,20-37H2,1-2H3/b13-11-,18-16-,19-17-. The highest BCUT2D eigenvalue weighted by Gasteiger charge is 2.47. The monoisotopic (exact) mass is 929 g/mol. The smallest absolute Gasteiger partial charge is 0.306 e. The molecule has 2 aliphatic heterocycles. The molecular weight excluding hydrogens is 841 g/mol. The first-order valence-electron chi connectivity index (χ1n) is 25.1. The van der Waals surface area contributed by atoms with Crippen molar-refractivity contribution >= 4 is 11.9 Å². The Balaban J connectivity index is 1.84. The molecule has 2 heterocycles. The second-order valence-corrected chi connectivity index (χ2v) is 17.6. The number of carbonyl (C=O) groups is 2. The number of aliphatic hydroxyl groups is 7. The minimum Gasteiger partial charge on any atom is -0.462 e. The number of ether oxygens (including phenoxy) is 6. The molecule has 15 heteroatoms. The number of unbranched alkanes of at least 4 members (excludes halogenated alkanes) is 18. The Bertz CT molecular complexity index is 1280. The Kier molecular flexibility index (Phi) is 34.1. The van der Waals surface area contributed by atoms with Crippen LogP contribution < -0.4 is 0 Å². The first kappa shape index (κ1) is 58.8. The van der Waals surface area contributed by atoms with Gasteiger partial charge >= 0.3 is 11.9 Å². The van der Waals surface area contributed by atoms with Gasteiger partial charge in [0.05, 0.1) is 19.8 Å². The molecule has 65 heavy (non-hydrogen) atoms. The van der Waals surface area contributed by atoms with Crippen LogP contribution >= 0.6 is 0 Å². The van der Waals surface area contributed by atoms with Crippen LogP contribution in [0, 0.1) is 0 Å². The van der Waals surface area contributed by atoms with Gasteiger partial charge in [0.1, 0.15) is 55.4 Å². The van der Waals surface area contributed by atoms with Crippen LogP contribution in [0.1, 0.15) is 174 Å². The summed E-state index contributed by atoms with van der Waals surface area (Å²) in [7, 11) is 0. The number of esters is 2. The average molecular weight is 929 g/mol. The van der Waals surface area contributed by atoms with Gasteiger partial charge in [-0.15, -0.1) is 0 Å². The van der Waals surface area contributed by atoms with Crippen LogP contribution in [-0.4, -0.2) is 142 Å². The third kappa shape index (κ3) is 26.2. The molecule has 0 bridgehead atoms. The summed E-state index contributed by atoms with van der Waals surface area (Å²) in [4.78, 5) is 25.7. The predicted octanol–water partition coefficient (Wildman–Crippen LogP) is 6.54. The second kappa shape index (κ2) is 37.7. The van der Waals surface area contributed by atoms with Crippen molar-refractivity contribution in [1.29, 1.82) is 0 Å². The molecule has 2 rings (SSSR count). The molecule has 0 aromatic rings. The van der Waals surface area contributed by atoms with Gasteiger partial charge in [-0.1, -0.05) is 127 Å². The van der Waals surface area contributed by atoms with Gasteiger partial charge in [-0.2, -0.15) is 0 Å². The number of carbonyl (C=O) groups excluding carboxylic acids is 2. The molecule has 0 aromatic carbocycles. The van der Waals surface area contributed by atoms with Gasteiger partial charge < -0.3 is 64.2 Å². The van der Waals surface area contributed by atoms with Crippen LogP contribution in [0.3, 0.4) is 0 Å². The normalized spacial score (nSPS) is 26.7. The van der Waals surface area contributed by atoms with Crippen molar-refractivity contribution in [1.82, 2.24) is 0 Å². The van der Waals surface area contributed by atoms with Crippen LogP contribution in [0.15, 0.2) is 36.5 Å². The van der Waals surface area contributed by atoms with Crippen molar-refractivity contribution in [2.45, 2.75) is 242 Å². The van der Waals surface area contributed by atoms with Gasteiger partial charge in [-0.05, 0) is 70.6 Å². The van der Waals surface area contributed by atoms with E-state index in [4.69, 9.17) is 28.4 Å². The summed E-state index contributed by atoms with van der Waals surface area (Å²) in [5, 5.41) is 72.0. The topological polar surface area (TPSA) is 231 Å². The molecule has 7 N–H and O–H groups in total. The maximum atomic E-state index is 13.0. The lowest BCUT2D eigenvalue weighted by Crippen LogP contribution is -2.61. The molecule has 0 aromatic heterocycles. The first-order chi connectivity index (χ1) is 31.5. The highest BCUT2D eigenvalue weighted by Crippen LogP contribution is 2.26. The molecule has 15 nitrogen and oxygen atoms in total. The molecular formula is C50H88O15. The Morgan fingerprint density at radius 1 is 0.492 bits per heavy atom. The molecule has 2 aliphatic rings. The maximum absolute atomic E-state index is 13.0. The van der Waals surface area contributed by atoms with Crippen molar-refractivity contribution in [3.63, 3.8) is 0 Å². The van der Waals surface area contributed by atoms with Crippen LogP contribution in [-0.2, 0) is 38.0 Å².